The van der Waals surface area contributed by atoms with Crippen LogP contribution in [0, 0.1) is 10.5 Å². The minimum Gasteiger partial charge on any atom is -0.378 e. The fraction of sp³-hybridized carbons (Fsp3) is 0.200. The van der Waals surface area contributed by atoms with E-state index in [4.69, 9.17) is 23.2 Å². The number of aryl methyl sites for hydroxylation is 1. The highest BCUT2D eigenvalue weighted by atomic mass is 127. The average Bonchev–Trinajstić information content (AvgIpc) is 2.36. The second kappa shape index (κ2) is 6.33. The minimum atomic E-state index is 0.102. The first-order chi connectivity index (χ1) is 8.97. The molecule has 1 unspecified atom stereocenters. The van der Waals surface area contributed by atoms with E-state index in [1.165, 1.54) is 9.13 Å². The molecule has 2 aromatic carbocycles. The summed E-state index contributed by atoms with van der Waals surface area (Å²) < 4.78 is 1.24. The molecule has 0 saturated heterocycles. The van der Waals surface area contributed by atoms with Gasteiger partial charge in [0.1, 0.15) is 0 Å². The van der Waals surface area contributed by atoms with E-state index >= 15 is 0 Å². The van der Waals surface area contributed by atoms with Crippen LogP contribution in [-0.2, 0) is 0 Å². The summed E-state index contributed by atoms with van der Waals surface area (Å²) in [5, 5.41) is 4.87. The maximum Gasteiger partial charge on any atom is 0.0500 e. The zero-order valence-corrected chi connectivity index (χ0v) is 14.3. The van der Waals surface area contributed by atoms with Crippen LogP contribution in [0.4, 0.5) is 5.69 Å². The van der Waals surface area contributed by atoms with Crippen LogP contribution in [0.25, 0.3) is 0 Å². The highest BCUT2D eigenvalue weighted by Crippen LogP contribution is 2.29. The predicted octanol–water partition coefficient (Wildman–Crippen LogP) is 6.08. The van der Waals surface area contributed by atoms with Gasteiger partial charge in [-0.1, -0.05) is 29.3 Å². The van der Waals surface area contributed by atoms with E-state index in [9.17, 15) is 0 Å². The number of benzene rings is 2. The third kappa shape index (κ3) is 3.77. The van der Waals surface area contributed by atoms with E-state index in [0.717, 1.165) is 16.3 Å². The fourth-order valence-corrected chi connectivity index (χ4v) is 2.83. The largest absolute Gasteiger partial charge is 0.378 e. The van der Waals surface area contributed by atoms with Crippen molar-refractivity contribution in [3.63, 3.8) is 0 Å². The molecular weight excluding hydrogens is 392 g/mol. The van der Waals surface area contributed by atoms with Gasteiger partial charge in [0.05, 0.1) is 6.04 Å². The summed E-state index contributed by atoms with van der Waals surface area (Å²) in [4.78, 5) is 0. The van der Waals surface area contributed by atoms with Crippen LogP contribution in [0.3, 0.4) is 0 Å². The van der Waals surface area contributed by atoms with Crippen molar-refractivity contribution in [2.45, 2.75) is 19.9 Å². The maximum absolute atomic E-state index is 6.21. The lowest BCUT2D eigenvalue weighted by molar-refractivity contribution is 0.885. The molecule has 4 heteroatoms. The Labute approximate surface area is 137 Å². The Hall–Kier alpha value is -0.450. The van der Waals surface area contributed by atoms with Gasteiger partial charge in [-0.05, 0) is 77.9 Å². The van der Waals surface area contributed by atoms with Gasteiger partial charge in [-0.25, -0.2) is 0 Å². The van der Waals surface area contributed by atoms with Crippen LogP contribution in [0.5, 0.6) is 0 Å². The van der Waals surface area contributed by atoms with Crippen molar-refractivity contribution in [2.75, 3.05) is 5.32 Å². The Morgan fingerprint density at radius 2 is 1.84 bits per heavy atom. The molecule has 0 aliphatic rings. The number of halogens is 3. The number of nitrogens with one attached hydrogen (secondary N) is 1. The number of hydrogen-bond acceptors (Lipinski definition) is 1. The van der Waals surface area contributed by atoms with E-state index in [1.807, 2.05) is 12.1 Å². The molecule has 0 heterocycles. The van der Waals surface area contributed by atoms with Crippen molar-refractivity contribution in [1.82, 2.24) is 0 Å². The average molecular weight is 406 g/mol. The van der Waals surface area contributed by atoms with Gasteiger partial charge >= 0.3 is 0 Å². The van der Waals surface area contributed by atoms with Crippen LogP contribution in [0.15, 0.2) is 36.4 Å². The first kappa shape index (κ1) is 14.9. The van der Waals surface area contributed by atoms with Gasteiger partial charge in [-0.2, -0.15) is 0 Å². The van der Waals surface area contributed by atoms with E-state index in [0.29, 0.717) is 5.02 Å². The lowest BCUT2D eigenvalue weighted by Gasteiger charge is -2.18. The molecule has 2 aromatic rings. The molecule has 1 atom stereocenters. The lowest BCUT2D eigenvalue weighted by Crippen LogP contribution is -2.07. The highest BCUT2D eigenvalue weighted by molar-refractivity contribution is 14.1. The van der Waals surface area contributed by atoms with Gasteiger partial charge in [0.15, 0.2) is 0 Å². The molecular formula is C15H14Cl2IN. The molecule has 0 radical (unpaired) electrons. The van der Waals surface area contributed by atoms with Crippen molar-refractivity contribution < 1.29 is 0 Å². The summed E-state index contributed by atoms with van der Waals surface area (Å²) in [6, 6.07) is 11.9. The molecule has 0 bridgehead atoms. The van der Waals surface area contributed by atoms with E-state index in [-0.39, 0.29) is 6.04 Å². The molecule has 0 saturated carbocycles. The van der Waals surface area contributed by atoms with Gasteiger partial charge in [-0.15, -0.1) is 0 Å². The Bertz CT molecular complexity index is 599. The Morgan fingerprint density at radius 1 is 1.11 bits per heavy atom. The minimum absolute atomic E-state index is 0.102. The second-order valence-corrected chi connectivity index (χ2v) is 6.50. The first-order valence-electron chi connectivity index (χ1n) is 5.95. The first-order valence-corrected chi connectivity index (χ1v) is 7.78. The molecule has 0 spiro atoms. The Morgan fingerprint density at radius 3 is 2.53 bits per heavy atom. The van der Waals surface area contributed by atoms with Crippen LogP contribution < -0.4 is 5.32 Å². The van der Waals surface area contributed by atoms with Gasteiger partial charge in [0, 0.05) is 19.3 Å². The predicted molar refractivity (Wildman–Crippen MR) is 92.4 cm³/mol. The molecule has 0 fully saturated rings. The highest BCUT2D eigenvalue weighted by Gasteiger charge is 2.10. The fourth-order valence-electron chi connectivity index (χ4n) is 1.86. The summed E-state index contributed by atoms with van der Waals surface area (Å²) in [6.07, 6.45) is 0. The molecule has 0 aromatic heterocycles. The summed E-state index contributed by atoms with van der Waals surface area (Å²) in [5.74, 6) is 0. The standard InChI is InChI=1S/C15H14Cl2IN/c1-9-3-5-12(8-15(9)18)19-10(2)13-7-11(16)4-6-14(13)17/h3-8,10,19H,1-2H3. The monoisotopic (exact) mass is 405 g/mol. The number of anilines is 1. The van der Waals surface area contributed by atoms with E-state index in [1.54, 1.807) is 6.07 Å². The summed E-state index contributed by atoms with van der Waals surface area (Å²) >= 11 is 14.6. The van der Waals surface area contributed by atoms with Crippen molar-refractivity contribution in [3.8, 4) is 0 Å². The normalized spacial score (nSPS) is 12.3. The van der Waals surface area contributed by atoms with E-state index in [2.05, 4.69) is 60.0 Å². The maximum atomic E-state index is 6.21. The number of hydrogen-bond donors (Lipinski definition) is 1. The molecule has 0 amide bonds. The van der Waals surface area contributed by atoms with Crippen LogP contribution in [-0.4, -0.2) is 0 Å². The summed E-state index contributed by atoms with van der Waals surface area (Å²) in [7, 11) is 0. The van der Waals surface area contributed by atoms with Gasteiger partial charge in [-0.3, -0.25) is 0 Å². The van der Waals surface area contributed by atoms with Crippen LogP contribution >= 0.6 is 45.8 Å². The quantitative estimate of drug-likeness (QED) is 0.610. The molecule has 0 aliphatic carbocycles. The third-order valence-electron chi connectivity index (χ3n) is 2.98. The van der Waals surface area contributed by atoms with Crippen molar-refractivity contribution in [1.29, 1.82) is 0 Å². The van der Waals surface area contributed by atoms with Crippen molar-refractivity contribution in [3.05, 3.63) is 61.1 Å². The van der Waals surface area contributed by atoms with Crippen molar-refractivity contribution in [2.24, 2.45) is 0 Å². The number of rotatable bonds is 3. The summed E-state index contributed by atoms with van der Waals surface area (Å²) in [5.41, 5.74) is 3.36. The summed E-state index contributed by atoms with van der Waals surface area (Å²) in [6.45, 7) is 4.17. The topological polar surface area (TPSA) is 12.0 Å². The molecule has 0 aliphatic heterocycles. The smallest absolute Gasteiger partial charge is 0.0500 e. The Balaban J connectivity index is 2.22. The molecule has 19 heavy (non-hydrogen) atoms. The van der Waals surface area contributed by atoms with Crippen LogP contribution in [0.1, 0.15) is 24.1 Å². The second-order valence-electron chi connectivity index (χ2n) is 4.50. The van der Waals surface area contributed by atoms with Gasteiger partial charge < -0.3 is 5.32 Å². The molecule has 1 nitrogen and oxygen atoms in total. The molecule has 100 valence electrons. The van der Waals surface area contributed by atoms with E-state index < -0.39 is 0 Å². The van der Waals surface area contributed by atoms with Gasteiger partial charge in [0.2, 0.25) is 0 Å². The molecule has 2 rings (SSSR count). The SMILES string of the molecule is Cc1ccc(NC(C)c2cc(Cl)ccc2Cl)cc1I. The third-order valence-corrected chi connectivity index (χ3v) is 4.72. The lowest BCUT2D eigenvalue weighted by atomic mass is 10.1. The zero-order chi connectivity index (χ0) is 14.0. The molecule has 1 N–H and O–H groups in total. The van der Waals surface area contributed by atoms with Gasteiger partial charge in [0.25, 0.3) is 0 Å². The van der Waals surface area contributed by atoms with Crippen molar-refractivity contribution >= 4 is 51.5 Å². The Kier molecular flexibility index (Phi) is 4.98. The zero-order valence-electron chi connectivity index (χ0n) is 10.7. The van der Waals surface area contributed by atoms with Crippen LogP contribution in [0.2, 0.25) is 10.0 Å².